The Bertz CT molecular complexity index is 551. The van der Waals surface area contributed by atoms with Crippen molar-refractivity contribution in [2.75, 3.05) is 19.0 Å². The molecule has 2 rings (SSSR count). The van der Waals surface area contributed by atoms with E-state index in [1.165, 1.54) is 7.11 Å². The number of aryl methyl sites for hydroxylation is 1. The second-order valence-electron chi connectivity index (χ2n) is 3.65. The summed E-state index contributed by atoms with van der Waals surface area (Å²) < 4.78 is 10.1. The van der Waals surface area contributed by atoms with Crippen molar-refractivity contribution < 1.29 is 13.9 Å². The van der Waals surface area contributed by atoms with Crippen molar-refractivity contribution in [2.45, 2.75) is 6.92 Å². The number of nitrogens with one attached hydrogen (secondary N) is 1. The number of methoxy groups -OCH3 is 1. The normalized spacial score (nSPS) is 10.3. The molecule has 1 aromatic carbocycles. The van der Waals surface area contributed by atoms with Crippen LogP contribution in [0.15, 0.2) is 28.7 Å². The minimum Gasteiger partial charge on any atom is -0.421 e. The molecule has 6 nitrogen and oxygen atoms in total. The van der Waals surface area contributed by atoms with Gasteiger partial charge in [0.05, 0.1) is 11.3 Å². The standard InChI is InChI=1S/C12H13N3O3/c1-8-14-15-12(18-8)9-5-3-4-6-10(9)13-11(16)7-17-2/h3-6H,7H2,1-2H3,(H,13,16). The maximum Gasteiger partial charge on any atom is 0.250 e. The Kier molecular flexibility index (Phi) is 3.69. The molecule has 1 aromatic heterocycles. The molecular formula is C12H13N3O3. The van der Waals surface area contributed by atoms with Crippen LogP contribution in [-0.2, 0) is 9.53 Å². The van der Waals surface area contributed by atoms with Gasteiger partial charge in [0.2, 0.25) is 17.7 Å². The number of nitrogens with zero attached hydrogens (tertiary/aromatic N) is 2. The Hall–Kier alpha value is -2.21. The number of hydrogen-bond acceptors (Lipinski definition) is 5. The summed E-state index contributed by atoms with van der Waals surface area (Å²) in [5.41, 5.74) is 1.30. The summed E-state index contributed by atoms with van der Waals surface area (Å²) in [5.74, 6) is 0.616. The van der Waals surface area contributed by atoms with E-state index in [0.29, 0.717) is 23.0 Å². The molecule has 0 bridgehead atoms. The number of anilines is 1. The van der Waals surface area contributed by atoms with Gasteiger partial charge >= 0.3 is 0 Å². The van der Waals surface area contributed by atoms with E-state index in [0.717, 1.165) is 0 Å². The van der Waals surface area contributed by atoms with Gasteiger partial charge in [-0.2, -0.15) is 0 Å². The van der Waals surface area contributed by atoms with Crippen molar-refractivity contribution in [2.24, 2.45) is 0 Å². The summed E-state index contributed by atoms with van der Waals surface area (Å²) >= 11 is 0. The molecule has 0 saturated carbocycles. The molecule has 0 atom stereocenters. The lowest BCUT2D eigenvalue weighted by molar-refractivity contribution is -0.119. The summed E-state index contributed by atoms with van der Waals surface area (Å²) in [6, 6.07) is 7.22. The van der Waals surface area contributed by atoms with Crippen LogP contribution in [0.1, 0.15) is 5.89 Å². The zero-order valence-electron chi connectivity index (χ0n) is 10.1. The third-order valence-corrected chi connectivity index (χ3v) is 2.23. The number of para-hydroxylation sites is 1. The molecule has 0 spiro atoms. The number of carbonyl (C=O) groups is 1. The van der Waals surface area contributed by atoms with Crippen molar-refractivity contribution in [1.29, 1.82) is 0 Å². The molecule has 0 fully saturated rings. The van der Waals surface area contributed by atoms with E-state index in [1.807, 2.05) is 12.1 Å². The van der Waals surface area contributed by atoms with Crippen LogP contribution in [0.4, 0.5) is 5.69 Å². The molecule has 1 N–H and O–H groups in total. The quantitative estimate of drug-likeness (QED) is 0.888. The molecule has 0 radical (unpaired) electrons. The monoisotopic (exact) mass is 247 g/mol. The Balaban J connectivity index is 2.28. The number of rotatable bonds is 4. The summed E-state index contributed by atoms with van der Waals surface area (Å²) in [6.45, 7) is 1.71. The predicted molar refractivity (Wildman–Crippen MR) is 65.0 cm³/mol. The Morgan fingerprint density at radius 1 is 1.39 bits per heavy atom. The Morgan fingerprint density at radius 2 is 2.17 bits per heavy atom. The average molecular weight is 247 g/mol. The fourth-order valence-corrected chi connectivity index (χ4v) is 1.50. The summed E-state index contributed by atoms with van der Waals surface area (Å²) in [5, 5.41) is 10.4. The number of hydrogen-bond donors (Lipinski definition) is 1. The van der Waals surface area contributed by atoms with Gasteiger partial charge < -0.3 is 14.5 Å². The van der Waals surface area contributed by atoms with Crippen LogP contribution in [0.5, 0.6) is 0 Å². The van der Waals surface area contributed by atoms with Crippen LogP contribution in [0.2, 0.25) is 0 Å². The smallest absolute Gasteiger partial charge is 0.250 e. The Morgan fingerprint density at radius 3 is 2.83 bits per heavy atom. The van der Waals surface area contributed by atoms with Crippen molar-refractivity contribution in [3.63, 3.8) is 0 Å². The first kappa shape index (κ1) is 12.3. The van der Waals surface area contributed by atoms with E-state index in [9.17, 15) is 4.79 Å². The molecule has 0 saturated heterocycles. The van der Waals surface area contributed by atoms with E-state index < -0.39 is 0 Å². The number of benzene rings is 1. The second kappa shape index (κ2) is 5.42. The van der Waals surface area contributed by atoms with Crippen LogP contribution >= 0.6 is 0 Å². The maximum atomic E-state index is 11.5. The fraction of sp³-hybridized carbons (Fsp3) is 0.250. The number of aromatic nitrogens is 2. The van der Waals surface area contributed by atoms with Gasteiger partial charge in [0, 0.05) is 14.0 Å². The highest BCUT2D eigenvalue weighted by Gasteiger charge is 2.12. The van der Waals surface area contributed by atoms with Gasteiger partial charge in [-0.15, -0.1) is 10.2 Å². The first-order valence-electron chi connectivity index (χ1n) is 5.39. The highest BCUT2D eigenvalue weighted by Crippen LogP contribution is 2.26. The summed E-state index contributed by atoms with van der Waals surface area (Å²) in [7, 11) is 1.47. The molecular weight excluding hydrogens is 234 g/mol. The van der Waals surface area contributed by atoms with Gasteiger partial charge in [-0.3, -0.25) is 4.79 Å². The Labute approximate surface area is 104 Å². The average Bonchev–Trinajstić information content (AvgIpc) is 2.77. The van der Waals surface area contributed by atoms with E-state index in [4.69, 9.17) is 9.15 Å². The lowest BCUT2D eigenvalue weighted by atomic mass is 10.2. The van der Waals surface area contributed by atoms with Crippen molar-refractivity contribution in [1.82, 2.24) is 10.2 Å². The largest absolute Gasteiger partial charge is 0.421 e. The highest BCUT2D eigenvalue weighted by atomic mass is 16.5. The molecule has 0 aliphatic heterocycles. The maximum absolute atomic E-state index is 11.5. The van der Waals surface area contributed by atoms with Gasteiger partial charge in [0.1, 0.15) is 6.61 Å². The molecule has 1 amide bonds. The first-order valence-corrected chi connectivity index (χ1v) is 5.39. The molecule has 94 valence electrons. The lowest BCUT2D eigenvalue weighted by Crippen LogP contribution is -2.17. The number of ether oxygens (including phenoxy) is 1. The van der Waals surface area contributed by atoms with Crippen LogP contribution in [0.3, 0.4) is 0 Å². The SMILES string of the molecule is COCC(=O)Nc1ccccc1-c1nnc(C)o1. The first-order chi connectivity index (χ1) is 8.70. The zero-order chi connectivity index (χ0) is 13.0. The van der Waals surface area contributed by atoms with Gasteiger partial charge in [-0.1, -0.05) is 12.1 Å². The molecule has 2 aromatic rings. The molecule has 6 heteroatoms. The van der Waals surface area contributed by atoms with E-state index in [1.54, 1.807) is 19.1 Å². The fourth-order valence-electron chi connectivity index (χ4n) is 1.50. The van der Waals surface area contributed by atoms with Crippen LogP contribution in [0, 0.1) is 6.92 Å². The van der Waals surface area contributed by atoms with Crippen molar-refractivity contribution >= 4 is 11.6 Å². The van der Waals surface area contributed by atoms with Crippen LogP contribution in [-0.4, -0.2) is 29.8 Å². The molecule has 0 aliphatic rings. The third kappa shape index (κ3) is 2.72. The van der Waals surface area contributed by atoms with Gasteiger partial charge in [0.25, 0.3) is 0 Å². The zero-order valence-corrected chi connectivity index (χ0v) is 10.1. The van der Waals surface area contributed by atoms with Crippen molar-refractivity contribution in [3.8, 4) is 11.5 Å². The molecule has 1 heterocycles. The van der Waals surface area contributed by atoms with E-state index in [-0.39, 0.29) is 12.5 Å². The van der Waals surface area contributed by atoms with E-state index in [2.05, 4.69) is 15.5 Å². The molecule has 0 unspecified atom stereocenters. The number of carbonyl (C=O) groups excluding carboxylic acids is 1. The predicted octanol–water partition coefficient (Wildman–Crippen LogP) is 1.63. The minimum absolute atomic E-state index is 0.00278. The third-order valence-electron chi connectivity index (χ3n) is 2.23. The molecule has 0 aliphatic carbocycles. The second-order valence-corrected chi connectivity index (χ2v) is 3.65. The van der Waals surface area contributed by atoms with Crippen molar-refractivity contribution in [3.05, 3.63) is 30.2 Å². The van der Waals surface area contributed by atoms with Gasteiger partial charge in [-0.05, 0) is 12.1 Å². The minimum atomic E-state index is -0.235. The summed E-state index contributed by atoms with van der Waals surface area (Å²) in [6.07, 6.45) is 0. The lowest BCUT2D eigenvalue weighted by Gasteiger charge is -2.07. The van der Waals surface area contributed by atoms with Gasteiger partial charge in [0.15, 0.2) is 0 Å². The van der Waals surface area contributed by atoms with Gasteiger partial charge in [-0.25, -0.2) is 0 Å². The summed E-state index contributed by atoms with van der Waals surface area (Å²) in [4.78, 5) is 11.5. The molecule has 18 heavy (non-hydrogen) atoms. The topological polar surface area (TPSA) is 77.2 Å². The van der Waals surface area contributed by atoms with E-state index >= 15 is 0 Å². The van der Waals surface area contributed by atoms with Crippen LogP contribution < -0.4 is 5.32 Å². The van der Waals surface area contributed by atoms with Crippen LogP contribution in [0.25, 0.3) is 11.5 Å². The highest BCUT2D eigenvalue weighted by molar-refractivity contribution is 5.95. The number of amides is 1.